The molecular formula is C10H11NO3. The molecule has 14 heavy (non-hydrogen) atoms. The molecule has 1 aromatic carbocycles. The minimum atomic E-state index is -0.498. The number of para-hydroxylation sites is 1. The average Bonchev–Trinajstić information content (AvgIpc) is 2.25. The van der Waals surface area contributed by atoms with E-state index >= 15 is 0 Å². The van der Waals surface area contributed by atoms with E-state index in [9.17, 15) is 9.59 Å². The van der Waals surface area contributed by atoms with Gasteiger partial charge in [0.2, 0.25) is 0 Å². The second-order valence-electron chi connectivity index (χ2n) is 2.56. The van der Waals surface area contributed by atoms with Crippen molar-refractivity contribution in [2.24, 2.45) is 0 Å². The minimum Gasteiger partial charge on any atom is -0.454 e. The lowest BCUT2D eigenvalue weighted by atomic mass is 10.2. The van der Waals surface area contributed by atoms with E-state index in [1.54, 1.807) is 25.2 Å². The largest absolute Gasteiger partial charge is 0.454 e. The number of benzene rings is 1. The van der Waals surface area contributed by atoms with Crippen molar-refractivity contribution in [3.05, 3.63) is 29.8 Å². The summed E-state index contributed by atoms with van der Waals surface area (Å²) in [6.45, 7) is -0.211. The molecule has 0 amide bonds. The molecule has 1 N–H and O–H groups in total. The molecule has 0 radical (unpaired) electrons. The molecule has 74 valence electrons. The van der Waals surface area contributed by atoms with Crippen molar-refractivity contribution in [2.75, 3.05) is 19.0 Å². The number of rotatable bonds is 4. The van der Waals surface area contributed by atoms with E-state index in [2.05, 4.69) is 10.1 Å². The number of carbonyl (C=O) groups is 2. The summed E-state index contributed by atoms with van der Waals surface area (Å²) in [7, 11) is 1.71. The van der Waals surface area contributed by atoms with Gasteiger partial charge in [0.05, 0.1) is 5.56 Å². The quantitative estimate of drug-likeness (QED) is 0.574. The fourth-order valence-corrected chi connectivity index (χ4v) is 1.07. The molecule has 0 aliphatic carbocycles. The Morgan fingerprint density at radius 1 is 1.50 bits per heavy atom. The van der Waals surface area contributed by atoms with Crippen LogP contribution in [-0.4, -0.2) is 25.9 Å². The van der Waals surface area contributed by atoms with Gasteiger partial charge in [0.15, 0.2) is 6.29 Å². The Labute approximate surface area is 81.9 Å². The molecule has 0 heterocycles. The van der Waals surface area contributed by atoms with Crippen molar-refractivity contribution < 1.29 is 14.3 Å². The van der Waals surface area contributed by atoms with Crippen LogP contribution in [0.5, 0.6) is 0 Å². The van der Waals surface area contributed by atoms with E-state index in [1.807, 2.05) is 6.07 Å². The van der Waals surface area contributed by atoms with Crippen LogP contribution in [0.25, 0.3) is 0 Å². The molecule has 0 aliphatic heterocycles. The van der Waals surface area contributed by atoms with Crippen LogP contribution in [-0.2, 0) is 9.53 Å². The molecule has 0 unspecified atom stereocenters. The molecule has 0 fully saturated rings. The fourth-order valence-electron chi connectivity index (χ4n) is 1.07. The first-order valence-corrected chi connectivity index (χ1v) is 4.17. The smallest absolute Gasteiger partial charge is 0.340 e. The Morgan fingerprint density at radius 2 is 2.21 bits per heavy atom. The molecule has 0 saturated heterocycles. The molecule has 0 spiro atoms. The molecule has 0 bridgehead atoms. The Morgan fingerprint density at radius 3 is 2.86 bits per heavy atom. The zero-order valence-corrected chi connectivity index (χ0v) is 7.82. The van der Waals surface area contributed by atoms with Crippen LogP contribution in [0, 0.1) is 0 Å². The predicted molar refractivity (Wildman–Crippen MR) is 52.3 cm³/mol. The van der Waals surface area contributed by atoms with Crippen LogP contribution in [0.1, 0.15) is 10.4 Å². The van der Waals surface area contributed by atoms with Crippen molar-refractivity contribution in [2.45, 2.75) is 0 Å². The Hall–Kier alpha value is -1.84. The standard InChI is InChI=1S/C10H11NO3/c1-11-9-5-3-2-4-8(9)10(13)14-7-6-12/h2-6,11H,7H2,1H3. The summed E-state index contributed by atoms with van der Waals surface area (Å²) >= 11 is 0. The predicted octanol–water partition coefficient (Wildman–Crippen LogP) is 1.08. The number of hydrogen-bond donors (Lipinski definition) is 1. The van der Waals surface area contributed by atoms with Crippen LogP contribution in [0.3, 0.4) is 0 Å². The van der Waals surface area contributed by atoms with Gasteiger partial charge in [-0.15, -0.1) is 0 Å². The highest BCUT2D eigenvalue weighted by molar-refractivity contribution is 5.96. The van der Waals surface area contributed by atoms with E-state index < -0.39 is 5.97 Å². The normalized spacial score (nSPS) is 9.21. The lowest BCUT2D eigenvalue weighted by Crippen LogP contribution is -2.09. The number of aldehydes is 1. The van der Waals surface area contributed by atoms with Gasteiger partial charge in [0.25, 0.3) is 0 Å². The molecule has 1 aromatic rings. The van der Waals surface area contributed by atoms with Crippen LogP contribution in [0.2, 0.25) is 0 Å². The molecule has 1 rings (SSSR count). The third-order valence-electron chi connectivity index (χ3n) is 1.70. The first-order valence-electron chi connectivity index (χ1n) is 4.17. The van der Waals surface area contributed by atoms with Crippen LogP contribution in [0.15, 0.2) is 24.3 Å². The van der Waals surface area contributed by atoms with Gasteiger partial charge in [-0.05, 0) is 12.1 Å². The summed E-state index contributed by atoms with van der Waals surface area (Å²) in [6.07, 6.45) is 0.542. The van der Waals surface area contributed by atoms with Gasteiger partial charge >= 0.3 is 5.97 Å². The maximum Gasteiger partial charge on any atom is 0.340 e. The topological polar surface area (TPSA) is 55.4 Å². The van der Waals surface area contributed by atoms with Crippen molar-refractivity contribution in [1.29, 1.82) is 0 Å². The number of hydrogen-bond acceptors (Lipinski definition) is 4. The highest BCUT2D eigenvalue weighted by Crippen LogP contribution is 2.14. The van der Waals surface area contributed by atoms with Crippen molar-refractivity contribution >= 4 is 17.9 Å². The van der Waals surface area contributed by atoms with Crippen molar-refractivity contribution in [3.8, 4) is 0 Å². The van der Waals surface area contributed by atoms with E-state index in [4.69, 9.17) is 0 Å². The maximum atomic E-state index is 11.4. The Balaban J connectivity index is 2.82. The minimum absolute atomic E-state index is 0.211. The lowest BCUT2D eigenvalue weighted by molar-refractivity contribution is -0.110. The third kappa shape index (κ3) is 2.32. The van der Waals surface area contributed by atoms with E-state index in [1.165, 1.54) is 0 Å². The first kappa shape index (κ1) is 10.2. The molecule has 0 aromatic heterocycles. The van der Waals surface area contributed by atoms with Crippen molar-refractivity contribution in [3.63, 3.8) is 0 Å². The second-order valence-corrected chi connectivity index (χ2v) is 2.56. The van der Waals surface area contributed by atoms with Crippen LogP contribution in [0.4, 0.5) is 5.69 Å². The fraction of sp³-hybridized carbons (Fsp3) is 0.200. The summed E-state index contributed by atoms with van der Waals surface area (Å²) in [5.41, 5.74) is 1.11. The van der Waals surface area contributed by atoms with Crippen molar-refractivity contribution in [1.82, 2.24) is 0 Å². The second kappa shape index (κ2) is 5.01. The summed E-state index contributed by atoms with van der Waals surface area (Å²) in [4.78, 5) is 21.4. The molecule has 4 heteroatoms. The molecule has 0 aliphatic rings. The van der Waals surface area contributed by atoms with Gasteiger partial charge in [-0.1, -0.05) is 12.1 Å². The lowest BCUT2D eigenvalue weighted by Gasteiger charge is -2.06. The Kier molecular flexibility index (Phi) is 3.67. The van der Waals surface area contributed by atoms with Gasteiger partial charge in [0, 0.05) is 12.7 Å². The molecule has 4 nitrogen and oxygen atoms in total. The molecule has 0 saturated carbocycles. The number of ether oxygens (including phenoxy) is 1. The summed E-state index contributed by atoms with van der Waals surface area (Å²) in [6, 6.07) is 6.94. The maximum absolute atomic E-state index is 11.4. The van der Waals surface area contributed by atoms with Gasteiger partial charge in [-0.3, -0.25) is 4.79 Å². The van der Waals surface area contributed by atoms with Gasteiger partial charge in [-0.25, -0.2) is 4.79 Å². The number of carbonyl (C=O) groups excluding carboxylic acids is 2. The summed E-state index contributed by atoms with van der Waals surface area (Å²) < 4.78 is 4.67. The first-order chi connectivity index (χ1) is 6.79. The highest BCUT2D eigenvalue weighted by atomic mass is 16.5. The number of esters is 1. The monoisotopic (exact) mass is 193 g/mol. The molecule has 0 atom stereocenters. The van der Waals surface area contributed by atoms with Crippen LogP contribution < -0.4 is 5.32 Å². The van der Waals surface area contributed by atoms with E-state index in [-0.39, 0.29) is 6.61 Å². The van der Waals surface area contributed by atoms with Gasteiger partial charge in [0.1, 0.15) is 6.61 Å². The summed E-state index contributed by atoms with van der Waals surface area (Å²) in [5, 5.41) is 2.86. The average molecular weight is 193 g/mol. The van der Waals surface area contributed by atoms with E-state index in [0.29, 0.717) is 17.5 Å². The number of nitrogens with one attached hydrogen (secondary N) is 1. The molecular weight excluding hydrogens is 182 g/mol. The third-order valence-corrected chi connectivity index (χ3v) is 1.70. The van der Waals surface area contributed by atoms with Gasteiger partial charge in [-0.2, -0.15) is 0 Å². The van der Waals surface area contributed by atoms with Gasteiger partial charge < -0.3 is 10.1 Å². The van der Waals surface area contributed by atoms with Crippen LogP contribution >= 0.6 is 0 Å². The Bertz CT molecular complexity index is 336. The summed E-state index contributed by atoms with van der Waals surface area (Å²) in [5.74, 6) is -0.498. The SMILES string of the molecule is CNc1ccccc1C(=O)OCC=O. The van der Waals surface area contributed by atoms with E-state index in [0.717, 1.165) is 0 Å². The zero-order valence-electron chi connectivity index (χ0n) is 7.82. The number of anilines is 1. The zero-order chi connectivity index (χ0) is 10.4. The highest BCUT2D eigenvalue weighted by Gasteiger charge is 2.10.